The first-order valence-corrected chi connectivity index (χ1v) is 7.32. The lowest BCUT2D eigenvalue weighted by atomic mass is 10.1. The van der Waals surface area contributed by atoms with Crippen molar-refractivity contribution < 1.29 is 4.74 Å². The number of aromatic nitrogens is 1. The van der Waals surface area contributed by atoms with Crippen LogP contribution in [-0.4, -0.2) is 11.7 Å². The number of nitriles is 1. The molecular weight excluding hydrogens is 328 g/mol. The van der Waals surface area contributed by atoms with Crippen molar-refractivity contribution in [2.45, 2.75) is 6.54 Å². The molecule has 2 aromatic carbocycles. The van der Waals surface area contributed by atoms with Crippen molar-refractivity contribution in [3.8, 4) is 11.8 Å². The number of methoxy groups -OCH3 is 1. The summed E-state index contributed by atoms with van der Waals surface area (Å²) in [4.78, 5) is 0. The molecule has 21 heavy (non-hydrogen) atoms. The molecule has 3 aromatic rings. The maximum Gasteiger partial charge on any atom is 0.119 e. The van der Waals surface area contributed by atoms with Gasteiger partial charge in [-0.3, -0.25) is 0 Å². The van der Waals surface area contributed by atoms with E-state index in [1.54, 1.807) is 7.11 Å². The van der Waals surface area contributed by atoms with E-state index in [2.05, 4.69) is 32.6 Å². The Kier molecular flexibility index (Phi) is 3.68. The molecule has 0 bridgehead atoms. The van der Waals surface area contributed by atoms with Gasteiger partial charge in [-0.15, -0.1) is 0 Å². The Bertz CT molecular complexity index is 846. The molecule has 104 valence electrons. The highest BCUT2D eigenvalue weighted by Gasteiger charge is 2.07. The summed E-state index contributed by atoms with van der Waals surface area (Å²) in [5.41, 5.74) is 2.87. The number of benzene rings is 2. The van der Waals surface area contributed by atoms with Crippen molar-refractivity contribution in [2.75, 3.05) is 7.11 Å². The molecular formula is C17H13BrN2O. The maximum absolute atomic E-state index is 9.04. The van der Waals surface area contributed by atoms with Crippen molar-refractivity contribution in [2.24, 2.45) is 0 Å². The second-order valence-corrected chi connectivity index (χ2v) is 5.64. The standard InChI is InChI=1S/C17H13BrN2O/c1-21-15-4-5-16(18)14(9-15)11-20-7-6-13-3-2-12(10-19)8-17(13)20/h2-9H,11H2,1H3. The normalized spacial score (nSPS) is 10.5. The summed E-state index contributed by atoms with van der Waals surface area (Å²) in [7, 11) is 1.66. The summed E-state index contributed by atoms with van der Waals surface area (Å²) in [5.74, 6) is 0.836. The zero-order valence-electron chi connectivity index (χ0n) is 11.5. The fraction of sp³-hybridized carbons (Fsp3) is 0.118. The van der Waals surface area contributed by atoms with Gasteiger partial charge in [-0.1, -0.05) is 22.0 Å². The Morgan fingerprint density at radius 3 is 2.81 bits per heavy atom. The van der Waals surface area contributed by atoms with Gasteiger partial charge in [-0.05, 0) is 47.3 Å². The van der Waals surface area contributed by atoms with Crippen LogP contribution in [0.25, 0.3) is 10.9 Å². The molecule has 0 aliphatic rings. The Labute approximate surface area is 131 Å². The first-order valence-electron chi connectivity index (χ1n) is 6.52. The summed E-state index contributed by atoms with van der Waals surface area (Å²) >= 11 is 3.58. The largest absolute Gasteiger partial charge is 0.497 e. The molecule has 3 nitrogen and oxygen atoms in total. The number of halogens is 1. The zero-order chi connectivity index (χ0) is 14.8. The second kappa shape index (κ2) is 5.63. The minimum absolute atomic E-state index is 0.673. The van der Waals surface area contributed by atoms with Gasteiger partial charge in [-0.2, -0.15) is 5.26 Å². The van der Waals surface area contributed by atoms with Gasteiger partial charge in [0.15, 0.2) is 0 Å². The van der Waals surface area contributed by atoms with E-state index in [-0.39, 0.29) is 0 Å². The summed E-state index contributed by atoms with van der Waals surface area (Å²) in [6.45, 7) is 0.718. The molecule has 0 aliphatic carbocycles. The molecule has 0 atom stereocenters. The lowest BCUT2D eigenvalue weighted by molar-refractivity contribution is 0.414. The van der Waals surface area contributed by atoms with E-state index in [1.165, 1.54) is 0 Å². The summed E-state index contributed by atoms with van der Waals surface area (Å²) in [5, 5.41) is 10.2. The minimum Gasteiger partial charge on any atom is -0.497 e. The van der Waals surface area contributed by atoms with Crippen LogP contribution in [0, 0.1) is 11.3 Å². The fourth-order valence-electron chi connectivity index (χ4n) is 2.37. The summed E-state index contributed by atoms with van der Waals surface area (Å²) in [6.07, 6.45) is 2.04. The Morgan fingerprint density at radius 1 is 1.19 bits per heavy atom. The predicted octanol–water partition coefficient (Wildman–Crippen LogP) is 4.33. The molecule has 0 N–H and O–H groups in total. The minimum atomic E-state index is 0.673. The average molecular weight is 341 g/mol. The van der Waals surface area contributed by atoms with E-state index in [4.69, 9.17) is 10.00 Å². The smallest absolute Gasteiger partial charge is 0.119 e. The van der Waals surface area contributed by atoms with Crippen LogP contribution in [-0.2, 0) is 6.54 Å². The highest BCUT2D eigenvalue weighted by atomic mass is 79.9. The van der Waals surface area contributed by atoms with E-state index in [1.807, 2.05) is 42.6 Å². The van der Waals surface area contributed by atoms with Crippen LogP contribution in [0.3, 0.4) is 0 Å². The third-order valence-electron chi connectivity index (χ3n) is 3.50. The summed E-state index contributed by atoms with van der Waals surface area (Å²) in [6, 6.07) is 15.9. The SMILES string of the molecule is COc1ccc(Br)c(Cn2ccc3ccc(C#N)cc32)c1. The van der Waals surface area contributed by atoms with Crippen molar-refractivity contribution in [1.29, 1.82) is 5.26 Å². The number of hydrogen-bond acceptors (Lipinski definition) is 2. The van der Waals surface area contributed by atoms with E-state index < -0.39 is 0 Å². The second-order valence-electron chi connectivity index (χ2n) is 4.79. The molecule has 0 amide bonds. The molecule has 1 aromatic heterocycles. The first-order chi connectivity index (χ1) is 10.2. The topological polar surface area (TPSA) is 38.0 Å². The van der Waals surface area contributed by atoms with Crippen LogP contribution < -0.4 is 4.74 Å². The molecule has 3 rings (SSSR count). The first kappa shape index (κ1) is 13.7. The third kappa shape index (κ3) is 2.65. The quantitative estimate of drug-likeness (QED) is 0.711. The van der Waals surface area contributed by atoms with Gasteiger partial charge in [0.2, 0.25) is 0 Å². The highest BCUT2D eigenvalue weighted by Crippen LogP contribution is 2.25. The Morgan fingerprint density at radius 2 is 2.05 bits per heavy atom. The van der Waals surface area contributed by atoms with E-state index in [9.17, 15) is 0 Å². The highest BCUT2D eigenvalue weighted by molar-refractivity contribution is 9.10. The van der Waals surface area contributed by atoms with Gasteiger partial charge in [-0.25, -0.2) is 0 Å². The number of rotatable bonds is 3. The fourth-order valence-corrected chi connectivity index (χ4v) is 2.75. The molecule has 0 spiro atoms. The molecule has 1 heterocycles. The van der Waals surface area contributed by atoms with Crippen LogP contribution >= 0.6 is 15.9 Å². The van der Waals surface area contributed by atoms with Gasteiger partial charge in [0.25, 0.3) is 0 Å². The van der Waals surface area contributed by atoms with Crippen molar-refractivity contribution in [1.82, 2.24) is 4.57 Å². The van der Waals surface area contributed by atoms with Crippen molar-refractivity contribution >= 4 is 26.8 Å². The molecule has 4 heteroatoms. The Hall–Kier alpha value is -2.25. The third-order valence-corrected chi connectivity index (χ3v) is 4.27. The summed E-state index contributed by atoms with van der Waals surface area (Å²) < 4.78 is 8.46. The van der Waals surface area contributed by atoms with Gasteiger partial charge >= 0.3 is 0 Å². The average Bonchev–Trinajstić information content (AvgIpc) is 2.91. The number of ether oxygens (including phenoxy) is 1. The Balaban J connectivity index is 2.04. The molecule has 0 radical (unpaired) electrons. The molecule has 0 saturated heterocycles. The van der Waals surface area contributed by atoms with Gasteiger partial charge in [0, 0.05) is 22.7 Å². The van der Waals surface area contributed by atoms with E-state index in [0.717, 1.165) is 33.2 Å². The monoisotopic (exact) mass is 340 g/mol. The van der Waals surface area contributed by atoms with Crippen LogP contribution in [0.1, 0.15) is 11.1 Å². The van der Waals surface area contributed by atoms with E-state index >= 15 is 0 Å². The van der Waals surface area contributed by atoms with Gasteiger partial charge < -0.3 is 9.30 Å². The maximum atomic E-state index is 9.04. The molecule has 0 saturated carbocycles. The molecule has 0 unspecified atom stereocenters. The number of fused-ring (bicyclic) bond motifs is 1. The number of hydrogen-bond donors (Lipinski definition) is 0. The van der Waals surface area contributed by atoms with Crippen molar-refractivity contribution in [3.05, 3.63) is 64.3 Å². The van der Waals surface area contributed by atoms with Crippen LogP contribution in [0.4, 0.5) is 0 Å². The van der Waals surface area contributed by atoms with Crippen LogP contribution in [0.2, 0.25) is 0 Å². The van der Waals surface area contributed by atoms with Crippen molar-refractivity contribution in [3.63, 3.8) is 0 Å². The predicted molar refractivity (Wildman–Crippen MR) is 86.4 cm³/mol. The van der Waals surface area contributed by atoms with E-state index in [0.29, 0.717) is 5.56 Å². The van der Waals surface area contributed by atoms with Gasteiger partial charge in [0.05, 0.1) is 18.7 Å². The molecule has 0 aliphatic heterocycles. The van der Waals surface area contributed by atoms with Crippen LogP contribution in [0.15, 0.2) is 53.1 Å². The van der Waals surface area contributed by atoms with Gasteiger partial charge in [0.1, 0.15) is 5.75 Å². The molecule has 0 fully saturated rings. The van der Waals surface area contributed by atoms with Crippen LogP contribution in [0.5, 0.6) is 5.75 Å². The number of nitrogens with zero attached hydrogens (tertiary/aromatic N) is 2. The lowest BCUT2D eigenvalue weighted by Gasteiger charge is -2.10. The lowest BCUT2D eigenvalue weighted by Crippen LogP contribution is -1.99. The zero-order valence-corrected chi connectivity index (χ0v) is 13.1.